The lowest BCUT2D eigenvalue weighted by Gasteiger charge is -2.03. The van der Waals surface area contributed by atoms with E-state index in [4.69, 9.17) is 10.3 Å². The monoisotopic (exact) mass is 249 g/mol. The number of sulfone groups is 1. The topological polar surface area (TPSA) is 119 Å². The van der Waals surface area contributed by atoms with Gasteiger partial charge in [0.2, 0.25) is 0 Å². The van der Waals surface area contributed by atoms with Gasteiger partial charge in [0.1, 0.15) is 11.4 Å². The van der Waals surface area contributed by atoms with Crippen LogP contribution in [0, 0.1) is 0 Å². The zero-order valence-electron chi connectivity index (χ0n) is 9.12. The van der Waals surface area contributed by atoms with Crippen LogP contribution in [0.4, 0.5) is 0 Å². The Bertz CT molecular complexity index is 442. The molecule has 92 valence electrons. The fourth-order valence-electron chi connectivity index (χ4n) is 1.02. The van der Waals surface area contributed by atoms with Gasteiger partial charge < -0.3 is 15.4 Å². The third kappa shape index (κ3) is 3.00. The van der Waals surface area contributed by atoms with Crippen molar-refractivity contribution >= 4 is 9.84 Å². The van der Waals surface area contributed by atoms with Crippen LogP contribution in [0.5, 0.6) is 0 Å². The molecule has 0 radical (unpaired) electrons. The summed E-state index contributed by atoms with van der Waals surface area (Å²) in [6.07, 6.45) is 0.428. The molecule has 0 saturated heterocycles. The molecule has 0 aromatic carbocycles. The Labute approximate surface area is 93.6 Å². The highest BCUT2D eigenvalue weighted by molar-refractivity contribution is 7.90. The first-order valence-electron chi connectivity index (χ1n) is 4.76. The van der Waals surface area contributed by atoms with Crippen LogP contribution in [0.1, 0.15) is 36.4 Å². The minimum atomic E-state index is -3.27. The second-order valence-electron chi connectivity index (χ2n) is 3.56. The molecular formula is C8H15N3O4S. The molecule has 1 aromatic heterocycles. The number of aromatic nitrogens is 2. The summed E-state index contributed by atoms with van der Waals surface area (Å²) in [6, 6.07) is 0. The molecule has 0 spiro atoms. The molecule has 0 amide bonds. The van der Waals surface area contributed by atoms with Crippen LogP contribution in [0.3, 0.4) is 0 Å². The largest absolute Gasteiger partial charge is 0.383 e. The normalized spacial score (nSPS) is 16.0. The highest BCUT2D eigenvalue weighted by Crippen LogP contribution is 2.20. The fourth-order valence-corrected chi connectivity index (χ4v) is 1.50. The number of rotatable bonds is 5. The van der Waals surface area contributed by atoms with Crippen molar-refractivity contribution in [2.24, 2.45) is 5.73 Å². The first kappa shape index (κ1) is 13.1. The van der Waals surface area contributed by atoms with Crippen molar-refractivity contribution in [3.63, 3.8) is 0 Å². The van der Waals surface area contributed by atoms with E-state index in [1.54, 1.807) is 0 Å². The van der Waals surface area contributed by atoms with Gasteiger partial charge in [-0.25, -0.2) is 8.42 Å². The molecule has 1 rings (SSSR count). The van der Waals surface area contributed by atoms with Crippen LogP contribution < -0.4 is 5.73 Å². The quantitative estimate of drug-likeness (QED) is 0.725. The molecule has 3 N–H and O–H groups in total. The predicted octanol–water partition coefficient (Wildman–Crippen LogP) is -0.443. The van der Waals surface area contributed by atoms with E-state index in [-0.39, 0.29) is 24.7 Å². The lowest BCUT2D eigenvalue weighted by atomic mass is 10.2. The third-order valence-electron chi connectivity index (χ3n) is 2.19. The SMILES string of the molecule is CC(c1noc(C(O)CCN)n1)S(C)(=O)=O. The third-order valence-corrected chi connectivity index (χ3v) is 3.68. The van der Waals surface area contributed by atoms with E-state index in [0.29, 0.717) is 0 Å². The van der Waals surface area contributed by atoms with Gasteiger partial charge in [-0.1, -0.05) is 5.16 Å². The molecule has 0 aliphatic heterocycles. The number of hydrogen-bond donors (Lipinski definition) is 2. The summed E-state index contributed by atoms with van der Waals surface area (Å²) >= 11 is 0. The van der Waals surface area contributed by atoms with Gasteiger partial charge in [-0.05, 0) is 19.9 Å². The Balaban J connectivity index is 2.87. The van der Waals surface area contributed by atoms with Crippen LogP contribution in [-0.4, -0.2) is 36.5 Å². The van der Waals surface area contributed by atoms with Crippen molar-refractivity contribution in [1.82, 2.24) is 10.1 Å². The standard InChI is InChI=1S/C8H15N3O4S/c1-5(16(2,13)14)7-10-8(15-11-7)6(12)3-4-9/h5-6,12H,3-4,9H2,1-2H3. The Morgan fingerprint density at radius 2 is 2.19 bits per heavy atom. The summed E-state index contributed by atoms with van der Waals surface area (Å²) in [5, 5.41) is 12.2. The zero-order valence-corrected chi connectivity index (χ0v) is 9.94. The van der Waals surface area contributed by atoms with Crippen LogP contribution in [0.15, 0.2) is 4.52 Å². The second kappa shape index (κ2) is 4.89. The number of nitrogens with zero attached hydrogens (tertiary/aromatic N) is 2. The first-order chi connectivity index (χ1) is 7.36. The minimum absolute atomic E-state index is 0.00375. The average molecular weight is 249 g/mol. The number of aliphatic hydroxyl groups excluding tert-OH is 1. The number of hydrogen-bond acceptors (Lipinski definition) is 7. The lowest BCUT2D eigenvalue weighted by molar-refractivity contribution is 0.127. The summed E-state index contributed by atoms with van der Waals surface area (Å²) in [5.74, 6) is 0.0459. The van der Waals surface area contributed by atoms with Crippen molar-refractivity contribution in [1.29, 1.82) is 0 Å². The van der Waals surface area contributed by atoms with Crippen molar-refractivity contribution in [2.75, 3.05) is 12.8 Å². The van der Waals surface area contributed by atoms with Gasteiger partial charge in [0.25, 0.3) is 5.89 Å². The van der Waals surface area contributed by atoms with Crippen molar-refractivity contribution in [3.05, 3.63) is 11.7 Å². The lowest BCUT2D eigenvalue weighted by Crippen LogP contribution is -2.10. The van der Waals surface area contributed by atoms with E-state index in [1.165, 1.54) is 6.92 Å². The van der Waals surface area contributed by atoms with Gasteiger partial charge >= 0.3 is 0 Å². The maximum Gasteiger partial charge on any atom is 0.255 e. The fraction of sp³-hybridized carbons (Fsp3) is 0.750. The van der Waals surface area contributed by atoms with E-state index < -0.39 is 21.2 Å². The summed E-state index contributed by atoms with van der Waals surface area (Å²) < 4.78 is 27.2. The molecule has 2 atom stereocenters. The molecule has 0 saturated carbocycles. The smallest absolute Gasteiger partial charge is 0.255 e. The summed E-state index contributed by atoms with van der Waals surface area (Å²) in [6.45, 7) is 1.74. The Morgan fingerprint density at radius 3 is 2.69 bits per heavy atom. The van der Waals surface area contributed by atoms with E-state index in [1.807, 2.05) is 0 Å². The summed E-state index contributed by atoms with van der Waals surface area (Å²) in [5.41, 5.74) is 5.26. The Hall–Kier alpha value is -0.990. The Morgan fingerprint density at radius 1 is 1.56 bits per heavy atom. The number of aliphatic hydroxyl groups is 1. The van der Waals surface area contributed by atoms with Gasteiger partial charge in [-0.3, -0.25) is 0 Å². The van der Waals surface area contributed by atoms with E-state index in [2.05, 4.69) is 10.1 Å². The molecule has 0 fully saturated rings. The van der Waals surface area contributed by atoms with Gasteiger partial charge in [-0.2, -0.15) is 4.98 Å². The van der Waals surface area contributed by atoms with E-state index in [0.717, 1.165) is 6.26 Å². The second-order valence-corrected chi connectivity index (χ2v) is 5.92. The molecule has 2 unspecified atom stereocenters. The van der Waals surface area contributed by atoms with E-state index in [9.17, 15) is 13.5 Å². The van der Waals surface area contributed by atoms with Crippen molar-refractivity contribution in [2.45, 2.75) is 24.7 Å². The molecule has 0 aliphatic rings. The molecule has 1 aromatic rings. The van der Waals surface area contributed by atoms with Crippen LogP contribution in [0.25, 0.3) is 0 Å². The maximum atomic E-state index is 11.2. The maximum absolute atomic E-state index is 11.2. The zero-order chi connectivity index (χ0) is 12.3. The molecule has 0 aliphatic carbocycles. The predicted molar refractivity (Wildman–Crippen MR) is 56.2 cm³/mol. The van der Waals surface area contributed by atoms with E-state index >= 15 is 0 Å². The summed E-state index contributed by atoms with van der Waals surface area (Å²) in [7, 11) is -3.27. The van der Waals surface area contributed by atoms with Crippen molar-refractivity contribution < 1.29 is 18.0 Å². The number of nitrogens with two attached hydrogens (primary N) is 1. The van der Waals surface area contributed by atoms with Gasteiger partial charge in [0, 0.05) is 6.26 Å². The highest BCUT2D eigenvalue weighted by Gasteiger charge is 2.24. The molecule has 16 heavy (non-hydrogen) atoms. The molecule has 1 heterocycles. The molecular weight excluding hydrogens is 234 g/mol. The Kier molecular flexibility index (Phi) is 4.00. The van der Waals surface area contributed by atoms with Crippen LogP contribution in [-0.2, 0) is 9.84 Å². The highest BCUT2D eigenvalue weighted by atomic mass is 32.2. The molecule has 7 nitrogen and oxygen atoms in total. The van der Waals surface area contributed by atoms with Gasteiger partial charge in [0.15, 0.2) is 15.7 Å². The first-order valence-corrected chi connectivity index (χ1v) is 6.72. The molecule has 8 heteroatoms. The summed E-state index contributed by atoms with van der Waals surface area (Å²) in [4.78, 5) is 3.83. The van der Waals surface area contributed by atoms with Crippen molar-refractivity contribution in [3.8, 4) is 0 Å². The minimum Gasteiger partial charge on any atom is -0.383 e. The molecule has 0 bridgehead atoms. The van der Waals surface area contributed by atoms with Gasteiger partial charge in [-0.15, -0.1) is 0 Å². The van der Waals surface area contributed by atoms with Gasteiger partial charge in [0.05, 0.1) is 0 Å². The van der Waals surface area contributed by atoms with Crippen LogP contribution in [0.2, 0.25) is 0 Å². The average Bonchev–Trinajstić information content (AvgIpc) is 2.64. The van der Waals surface area contributed by atoms with Crippen LogP contribution >= 0.6 is 0 Å².